The lowest BCUT2D eigenvalue weighted by Crippen LogP contribution is -2.37. The Morgan fingerprint density at radius 1 is 0.970 bits per heavy atom. The molecule has 2 N–H and O–H groups in total. The van der Waals surface area contributed by atoms with Gasteiger partial charge in [0, 0.05) is 73.6 Å². The lowest BCUT2D eigenvalue weighted by atomic mass is 9.88. The van der Waals surface area contributed by atoms with Gasteiger partial charge in [-0.05, 0) is 66.6 Å². The number of carbonyl (C=O) groups is 1. The zero-order valence-corrected chi connectivity index (χ0v) is 23.0. The fourth-order valence-electron chi connectivity index (χ4n) is 4.16. The van der Waals surface area contributed by atoms with Crippen molar-refractivity contribution in [2.24, 2.45) is 5.73 Å². The predicted molar refractivity (Wildman–Crippen MR) is 154 cm³/mol. The smallest absolute Gasteiger partial charge is 0.253 e. The molecule has 0 unspecified atom stereocenters. The van der Waals surface area contributed by atoms with Crippen molar-refractivity contribution in [3.63, 3.8) is 0 Å². The minimum atomic E-state index is 0.0914. The number of nitrogens with two attached hydrogens (primary N) is 1. The monoisotopic (exact) mass is 662 g/mol. The third-order valence-corrected chi connectivity index (χ3v) is 6.04. The van der Waals surface area contributed by atoms with Crippen LogP contribution in [-0.4, -0.2) is 23.9 Å². The second-order valence-corrected chi connectivity index (χ2v) is 8.16. The van der Waals surface area contributed by atoms with Gasteiger partial charge in [-0.3, -0.25) is 4.79 Å². The Hall–Kier alpha value is -1.89. The summed E-state index contributed by atoms with van der Waals surface area (Å²) in [5, 5.41) is 0. The molecule has 0 bridgehead atoms. The first-order chi connectivity index (χ1) is 16.1. The second-order valence-electron chi connectivity index (χ2n) is 8.16. The normalized spacial score (nSPS) is 13.4. The number of hydrogen-bond acceptors (Lipinski definition) is 2. The molecule has 0 spiro atoms. The summed E-state index contributed by atoms with van der Waals surface area (Å²) in [6.07, 6.45) is 1.96. The molecule has 1 aliphatic heterocycles. The molecule has 0 aromatic heterocycles. The van der Waals surface area contributed by atoms with Crippen LogP contribution in [0, 0.1) is 18.8 Å². The van der Waals surface area contributed by atoms with E-state index in [1.165, 1.54) is 11.1 Å². The molecule has 170 valence electrons. The molecule has 4 rings (SSSR count). The Morgan fingerprint density at radius 2 is 1.70 bits per heavy atom. The van der Waals surface area contributed by atoms with E-state index in [2.05, 4.69) is 86.3 Å². The van der Waals surface area contributed by atoms with E-state index >= 15 is 0 Å². The van der Waals surface area contributed by atoms with Crippen molar-refractivity contribution in [2.75, 3.05) is 13.1 Å². The topological polar surface area (TPSA) is 46.3 Å². The first kappa shape index (κ1) is 25.7. The lowest BCUT2D eigenvalue weighted by molar-refractivity contribution is 0.0713. The predicted octanol–water partition coefficient (Wildman–Crippen LogP) is 6.64. The zero-order valence-electron chi connectivity index (χ0n) is 18.7. The van der Waals surface area contributed by atoms with Crippen LogP contribution < -0.4 is 5.73 Å². The van der Waals surface area contributed by atoms with Gasteiger partial charge in [-0.1, -0.05) is 60.4 Å². The molecule has 33 heavy (non-hydrogen) atoms. The summed E-state index contributed by atoms with van der Waals surface area (Å²) in [6, 6.07) is 24.3. The molecule has 3 aromatic rings. The van der Waals surface area contributed by atoms with Crippen LogP contribution in [0.1, 0.15) is 56.9 Å². The van der Waals surface area contributed by atoms with Crippen molar-refractivity contribution in [2.45, 2.75) is 32.2 Å². The fourth-order valence-corrected chi connectivity index (χ4v) is 4.16. The number of aryl methyl sites for hydroxylation is 1. The number of benzene rings is 3. The van der Waals surface area contributed by atoms with Crippen LogP contribution in [0.4, 0.5) is 0 Å². The van der Waals surface area contributed by atoms with Crippen LogP contribution in [0.25, 0.3) is 0 Å². The molecule has 0 aliphatic carbocycles. The van der Waals surface area contributed by atoms with E-state index in [0.29, 0.717) is 18.0 Å². The number of nitrogens with zero attached hydrogens (tertiary/aromatic N) is 1. The number of likely N-dealkylation sites (tertiary alicyclic amines) is 1. The van der Waals surface area contributed by atoms with E-state index in [0.717, 1.165) is 42.6 Å². The molecule has 1 saturated heterocycles. The summed E-state index contributed by atoms with van der Waals surface area (Å²) in [4.78, 5) is 15.1. The molecular formula is C28H28I2N2O. The van der Waals surface area contributed by atoms with Crippen LogP contribution >= 0.6 is 37.2 Å². The Kier molecular flexibility index (Phi) is 10.2. The highest BCUT2D eigenvalue weighted by Crippen LogP contribution is 2.29. The van der Waals surface area contributed by atoms with Crippen LogP contribution in [0.3, 0.4) is 0 Å². The molecule has 1 amide bonds. The van der Waals surface area contributed by atoms with Gasteiger partial charge in [0.15, 0.2) is 0 Å². The highest BCUT2D eigenvalue weighted by Gasteiger charge is 2.24. The molecule has 1 aliphatic rings. The summed E-state index contributed by atoms with van der Waals surface area (Å²) in [5.41, 5.74) is 12.0. The summed E-state index contributed by atoms with van der Waals surface area (Å²) < 4.78 is 0. The first-order valence-corrected chi connectivity index (χ1v) is 17.3. The van der Waals surface area contributed by atoms with Crippen LogP contribution in [-0.2, 0) is 6.54 Å². The summed E-state index contributed by atoms with van der Waals surface area (Å²) in [5.74, 6) is 7.01. The van der Waals surface area contributed by atoms with Crippen molar-refractivity contribution in [3.05, 3.63) is 106 Å². The highest BCUT2D eigenvalue weighted by atomic mass is 128. The van der Waals surface area contributed by atoms with E-state index in [9.17, 15) is 4.79 Å². The van der Waals surface area contributed by atoms with Gasteiger partial charge in [0.1, 0.15) is 0 Å². The zero-order chi connectivity index (χ0) is 23.6. The minimum Gasteiger partial charge on any atom is -0.339 e. The van der Waals surface area contributed by atoms with Gasteiger partial charge in [-0.15, -0.1) is 0 Å². The Morgan fingerprint density at radius 3 is 2.42 bits per heavy atom. The van der Waals surface area contributed by atoms with Gasteiger partial charge in [0.2, 0.25) is 0 Å². The van der Waals surface area contributed by atoms with Crippen molar-refractivity contribution < 1.29 is 4.79 Å². The Labute approximate surface area is 220 Å². The van der Waals surface area contributed by atoms with E-state index < -0.39 is 0 Å². The van der Waals surface area contributed by atoms with Crippen LogP contribution in [0.15, 0.2) is 72.8 Å². The minimum absolute atomic E-state index is 0.0914. The van der Waals surface area contributed by atoms with Gasteiger partial charge in [0.05, 0.1) is 0 Å². The summed E-state index contributed by atoms with van der Waals surface area (Å²) in [6.45, 7) is 4.17. The third kappa shape index (κ3) is 7.05. The Bertz CT molecular complexity index is 1140. The average molecular weight is 662 g/mol. The van der Waals surface area contributed by atoms with Crippen molar-refractivity contribution >= 4 is 43.1 Å². The van der Waals surface area contributed by atoms with Crippen molar-refractivity contribution in [3.8, 4) is 11.8 Å². The van der Waals surface area contributed by atoms with E-state index in [4.69, 9.17) is 5.73 Å². The standard InChI is InChI=1S/C28H28N2O.I2/c1-21-6-2-3-9-24(21)13-12-22-7-4-11-27(18-22)28(31)30-16-14-25(15-17-30)26-10-5-8-23(19-26)20-29;1-2/h2-11,18-19,25H,14-17,20,29H2,1H3;. The van der Waals surface area contributed by atoms with Crippen LogP contribution in [0.5, 0.6) is 0 Å². The molecule has 0 saturated carbocycles. The number of carbonyl (C=O) groups excluding carboxylic acids is 1. The maximum Gasteiger partial charge on any atom is 0.253 e. The van der Waals surface area contributed by atoms with Gasteiger partial charge in [0.25, 0.3) is 5.91 Å². The molecule has 1 heterocycles. The van der Waals surface area contributed by atoms with Crippen molar-refractivity contribution in [1.29, 1.82) is 0 Å². The molecule has 3 nitrogen and oxygen atoms in total. The van der Waals surface area contributed by atoms with Crippen molar-refractivity contribution in [1.82, 2.24) is 4.90 Å². The van der Waals surface area contributed by atoms with Crippen LogP contribution in [0.2, 0.25) is 0 Å². The number of halogens is 2. The highest BCUT2D eigenvalue weighted by molar-refractivity contribution is 15.0. The van der Waals surface area contributed by atoms with Gasteiger partial charge in [-0.2, -0.15) is 0 Å². The summed E-state index contributed by atoms with van der Waals surface area (Å²) >= 11 is 4.24. The Balaban J connectivity index is 0.00000149. The SMILES string of the molecule is Cc1ccccc1C#Cc1cccc(C(=O)N2CCC(c3cccc(CN)c3)CC2)c1.II. The molecule has 0 radical (unpaired) electrons. The van der Waals surface area contributed by atoms with Gasteiger partial charge in [-0.25, -0.2) is 0 Å². The summed E-state index contributed by atoms with van der Waals surface area (Å²) in [7, 11) is 0. The molecule has 1 fully saturated rings. The van der Waals surface area contributed by atoms with E-state index in [-0.39, 0.29) is 5.91 Å². The van der Waals surface area contributed by atoms with Gasteiger partial charge < -0.3 is 10.6 Å². The number of amides is 1. The fraction of sp³-hybridized carbons (Fsp3) is 0.250. The number of rotatable bonds is 3. The van der Waals surface area contributed by atoms with E-state index in [1.54, 1.807) is 0 Å². The number of hydrogen-bond donors (Lipinski definition) is 1. The quantitative estimate of drug-likeness (QED) is 0.253. The van der Waals surface area contributed by atoms with Gasteiger partial charge >= 0.3 is 0 Å². The molecule has 5 heteroatoms. The molecular weight excluding hydrogens is 634 g/mol. The average Bonchev–Trinajstić information content (AvgIpc) is 2.89. The number of piperidine rings is 1. The first-order valence-electron chi connectivity index (χ1n) is 11.0. The maximum absolute atomic E-state index is 13.1. The lowest BCUT2D eigenvalue weighted by Gasteiger charge is -2.32. The maximum atomic E-state index is 13.1. The second kappa shape index (κ2) is 13.1. The molecule has 0 atom stereocenters. The molecule has 3 aromatic carbocycles. The largest absolute Gasteiger partial charge is 0.339 e. The van der Waals surface area contributed by atoms with E-state index in [1.807, 2.05) is 47.4 Å². The third-order valence-electron chi connectivity index (χ3n) is 6.04.